The number of alkyl halides is 1. The molecule has 0 spiro atoms. The van der Waals surface area contributed by atoms with Gasteiger partial charge in [0, 0.05) is 18.5 Å². The fourth-order valence-electron chi connectivity index (χ4n) is 2.30. The molecule has 2 heterocycles. The zero-order valence-electron chi connectivity index (χ0n) is 11.3. The van der Waals surface area contributed by atoms with Crippen molar-refractivity contribution in [1.29, 1.82) is 0 Å². The molecular formula is C15H12Cl3N3. The van der Waals surface area contributed by atoms with Gasteiger partial charge in [0.15, 0.2) is 5.65 Å². The molecule has 3 rings (SSSR count). The van der Waals surface area contributed by atoms with Crippen LogP contribution in [-0.2, 0) is 6.42 Å². The molecule has 3 nitrogen and oxygen atoms in total. The van der Waals surface area contributed by atoms with Gasteiger partial charge in [0.2, 0.25) is 0 Å². The lowest BCUT2D eigenvalue weighted by Gasteiger charge is -2.11. The Bertz CT molecular complexity index is 791. The summed E-state index contributed by atoms with van der Waals surface area (Å²) in [7, 11) is 0. The van der Waals surface area contributed by atoms with Crippen LogP contribution in [0.4, 0.5) is 0 Å². The first-order valence-corrected chi connectivity index (χ1v) is 7.75. The van der Waals surface area contributed by atoms with E-state index in [0.29, 0.717) is 28.0 Å². The van der Waals surface area contributed by atoms with Gasteiger partial charge in [-0.3, -0.25) is 4.57 Å². The van der Waals surface area contributed by atoms with Crippen LogP contribution in [0.3, 0.4) is 0 Å². The number of pyridine rings is 1. The fourth-order valence-corrected chi connectivity index (χ4v) is 3.04. The van der Waals surface area contributed by atoms with Crippen molar-refractivity contribution in [2.75, 3.05) is 5.88 Å². The number of aromatic nitrogens is 3. The average Bonchev–Trinajstić information content (AvgIpc) is 2.77. The highest BCUT2D eigenvalue weighted by Crippen LogP contribution is 2.32. The number of aryl methyl sites for hydroxylation is 2. The number of halogens is 3. The summed E-state index contributed by atoms with van der Waals surface area (Å²) in [5.74, 6) is 1.26. The SMILES string of the molecule is Cc1cnc2c(c1)nc(CCCl)n2-c1c(Cl)cccc1Cl. The predicted octanol–water partition coefficient (Wildman–Crippen LogP) is 4.82. The number of rotatable bonds is 3. The Morgan fingerprint density at radius 1 is 1.19 bits per heavy atom. The van der Waals surface area contributed by atoms with Crippen LogP contribution in [0.1, 0.15) is 11.4 Å². The van der Waals surface area contributed by atoms with Gasteiger partial charge in [0.05, 0.1) is 15.7 Å². The lowest BCUT2D eigenvalue weighted by atomic mass is 10.3. The molecule has 0 amide bonds. The molecule has 1 aromatic carbocycles. The maximum Gasteiger partial charge on any atom is 0.164 e. The summed E-state index contributed by atoms with van der Waals surface area (Å²) in [4.78, 5) is 9.10. The van der Waals surface area contributed by atoms with Crippen LogP contribution in [0.25, 0.3) is 16.9 Å². The lowest BCUT2D eigenvalue weighted by Crippen LogP contribution is -2.04. The highest BCUT2D eigenvalue weighted by atomic mass is 35.5. The summed E-state index contributed by atoms with van der Waals surface area (Å²) in [6, 6.07) is 7.40. The molecule has 0 saturated carbocycles. The van der Waals surface area contributed by atoms with E-state index < -0.39 is 0 Å². The minimum Gasteiger partial charge on any atom is -0.278 e. The Labute approximate surface area is 137 Å². The third-order valence-corrected chi connectivity index (χ3v) is 3.98. The maximum absolute atomic E-state index is 6.33. The Balaban J connectivity index is 2.36. The van der Waals surface area contributed by atoms with E-state index in [4.69, 9.17) is 34.8 Å². The molecule has 2 aromatic heterocycles. The van der Waals surface area contributed by atoms with Crippen LogP contribution in [0.5, 0.6) is 0 Å². The van der Waals surface area contributed by atoms with Crippen molar-refractivity contribution < 1.29 is 0 Å². The minimum atomic E-state index is 0.463. The number of hydrogen-bond donors (Lipinski definition) is 0. The number of hydrogen-bond acceptors (Lipinski definition) is 2. The van der Waals surface area contributed by atoms with Crippen LogP contribution in [0.2, 0.25) is 10.0 Å². The molecular weight excluding hydrogens is 329 g/mol. The number of fused-ring (bicyclic) bond motifs is 1. The molecule has 0 bridgehead atoms. The first-order valence-electron chi connectivity index (χ1n) is 6.46. The number of benzene rings is 1. The Morgan fingerprint density at radius 2 is 1.90 bits per heavy atom. The Hall–Kier alpha value is -1.29. The van der Waals surface area contributed by atoms with E-state index in [2.05, 4.69) is 9.97 Å². The summed E-state index contributed by atoms with van der Waals surface area (Å²) >= 11 is 18.6. The molecule has 6 heteroatoms. The van der Waals surface area contributed by atoms with Crippen molar-refractivity contribution in [1.82, 2.24) is 14.5 Å². The second-order valence-corrected chi connectivity index (χ2v) is 5.92. The highest BCUT2D eigenvalue weighted by molar-refractivity contribution is 6.37. The molecule has 0 saturated heterocycles. The number of nitrogens with zero attached hydrogens (tertiary/aromatic N) is 3. The van der Waals surface area contributed by atoms with E-state index in [1.807, 2.05) is 23.6 Å². The molecule has 0 aliphatic heterocycles. The average molecular weight is 341 g/mol. The van der Waals surface area contributed by atoms with Crippen molar-refractivity contribution >= 4 is 46.0 Å². The lowest BCUT2D eigenvalue weighted by molar-refractivity contribution is 0.905. The standard InChI is InChI=1S/C15H12Cl3N3/c1-9-7-12-15(19-8-9)21(13(20-12)5-6-16)14-10(17)3-2-4-11(14)18/h2-4,7-8H,5-6H2,1H3. The van der Waals surface area contributed by atoms with Crippen molar-refractivity contribution in [2.45, 2.75) is 13.3 Å². The van der Waals surface area contributed by atoms with Crippen LogP contribution in [0, 0.1) is 6.92 Å². The Morgan fingerprint density at radius 3 is 2.57 bits per heavy atom. The van der Waals surface area contributed by atoms with Crippen molar-refractivity contribution in [3.63, 3.8) is 0 Å². The summed E-state index contributed by atoms with van der Waals surface area (Å²) in [5, 5.41) is 1.11. The van der Waals surface area contributed by atoms with Crippen LogP contribution in [0.15, 0.2) is 30.5 Å². The monoisotopic (exact) mass is 339 g/mol. The molecule has 0 unspecified atom stereocenters. The third kappa shape index (κ3) is 2.61. The second-order valence-electron chi connectivity index (χ2n) is 4.73. The molecule has 0 N–H and O–H groups in total. The van der Waals surface area contributed by atoms with E-state index in [9.17, 15) is 0 Å². The summed E-state index contributed by atoms with van der Waals surface area (Å²) in [6.07, 6.45) is 2.41. The van der Waals surface area contributed by atoms with Gasteiger partial charge < -0.3 is 0 Å². The molecule has 3 aromatic rings. The van der Waals surface area contributed by atoms with Gasteiger partial charge in [-0.1, -0.05) is 29.3 Å². The van der Waals surface area contributed by atoms with Gasteiger partial charge in [-0.15, -0.1) is 11.6 Å². The molecule has 21 heavy (non-hydrogen) atoms. The second kappa shape index (κ2) is 5.84. The van der Waals surface area contributed by atoms with Gasteiger partial charge in [-0.25, -0.2) is 9.97 Å². The van der Waals surface area contributed by atoms with Gasteiger partial charge in [-0.2, -0.15) is 0 Å². The van der Waals surface area contributed by atoms with E-state index in [-0.39, 0.29) is 0 Å². The Kier molecular flexibility index (Phi) is 4.07. The molecule has 0 atom stereocenters. The van der Waals surface area contributed by atoms with Gasteiger partial charge >= 0.3 is 0 Å². The molecule has 0 radical (unpaired) electrons. The minimum absolute atomic E-state index is 0.463. The smallest absolute Gasteiger partial charge is 0.164 e. The van der Waals surface area contributed by atoms with E-state index >= 15 is 0 Å². The first kappa shape index (κ1) is 14.6. The van der Waals surface area contributed by atoms with Crippen molar-refractivity contribution in [2.24, 2.45) is 0 Å². The third-order valence-electron chi connectivity index (χ3n) is 3.18. The van der Waals surface area contributed by atoms with E-state index in [1.54, 1.807) is 18.3 Å². The number of imidazole rings is 1. The zero-order valence-corrected chi connectivity index (χ0v) is 13.5. The molecule has 0 aliphatic rings. The summed E-state index contributed by atoms with van der Waals surface area (Å²) in [6.45, 7) is 1.98. The van der Waals surface area contributed by atoms with Crippen molar-refractivity contribution in [3.8, 4) is 5.69 Å². The largest absolute Gasteiger partial charge is 0.278 e. The number of para-hydroxylation sites is 1. The highest BCUT2D eigenvalue weighted by Gasteiger charge is 2.17. The summed E-state index contributed by atoms with van der Waals surface area (Å²) < 4.78 is 1.89. The molecule has 0 fully saturated rings. The van der Waals surface area contributed by atoms with Crippen LogP contribution >= 0.6 is 34.8 Å². The van der Waals surface area contributed by atoms with Gasteiger partial charge in [-0.05, 0) is 30.7 Å². The molecule has 0 aliphatic carbocycles. The van der Waals surface area contributed by atoms with Gasteiger partial charge in [0.25, 0.3) is 0 Å². The topological polar surface area (TPSA) is 30.7 Å². The maximum atomic E-state index is 6.33. The fraction of sp³-hybridized carbons (Fsp3) is 0.200. The van der Waals surface area contributed by atoms with Crippen LogP contribution < -0.4 is 0 Å². The van der Waals surface area contributed by atoms with Gasteiger partial charge in [0.1, 0.15) is 11.3 Å². The predicted molar refractivity (Wildman–Crippen MR) is 88.0 cm³/mol. The van der Waals surface area contributed by atoms with Crippen molar-refractivity contribution in [3.05, 3.63) is 51.9 Å². The van der Waals surface area contributed by atoms with E-state index in [1.165, 1.54) is 0 Å². The van der Waals surface area contributed by atoms with Crippen LogP contribution in [-0.4, -0.2) is 20.4 Å². The van der Waals surface area contributed by atoms with E-state index in [0.717, 1.165) is 22.6 Å². The zero-order chi connectivity index (χ0) is 15.0. The first-order chi connectivity index (χ1) is 10.1. The summed E-state index contributed by atoms with van der Waals surface area (Å²) in [5.41, 5.74) is 3.29. The molecule has 108 valence electrons. The quantitative estimate of drug-likeness (QED) is 0.640. The normalized spacial score (nSPS) is 11.2.